The topological polar surface area (TPSA) is 17.4 Å². The van der Waals surface area contributed by atoms with Crippen molar-refractivity contribution in [2.45, 2.75) is 26.7 Å². The van der Waals surface area contributed by atoms with Gasteiger partial charge in [0.1, 0.15) is 5.75 Å². The summed E-state index contributed by atoms with van der Waals surface area (Å²) in [6, 6.07) is 16.9. The van der Waals surface area contributed by atoms with Crippen LogP contribution in [0.4, 0.5) is 0 Å². The van der Waals surface area contributed by atoms with E-state index in [1.54, 1.807) is 0 Å². The quantitative estimate of drug-likeness (QED) is 0.405. The van der Waals surface area contributed by atoms with Crippen LogP contribution in [0.1, 0.15) is 26.7 Å². The van der Waals surface area contributed by atoms with Gasteiger partial charge < -0.3 is 14.2 Å². The van der Waals surface area contributed by atoms with Crippen molar-refractivity contribution in [2.24, 2.45) is 0 Å². The SMILES string of the molecule is CCN(CC)CCCCOc1ccc2c(ccn2-c2ccc(Br)cc2)c1. The minimum absolute atomic E-state index is 0.778. The van der Waals surface area contributed by atoms with Gasteiger partial charge in [0.05, 0.1) is 12.1 Å². The van der Waals surface area contributed by atoms with Gasteiger partial charge in [-0.25, -0.2) is 0 Å². The van der Waals surface area contributed by atoms with Crippen molar-refractivity contribution in [1.29, 1.82) is 0 Å². The number of aromatic nitrogens is 1. The van der Waals surface area contributed by atoms with Gasteiger partial charge in [-0.3, -0.25) is 0 Å². The molecule has 2 aromatic carbocycles. The van der Waals surface area contributed by atoms with E-state index in [2.05, 4.69) is 94.0 Å². The zero-order valence-electron chi connectivity index (χ0n) is 15.6. The average molecular weight is 415 g/mol. The zero-order chi connectivity index (χ0) is 18.4. The van der Waals surface area contributed by atoms with Gasteiger partial charge in [0.15, 0.2) is 0 Å². The van der Waals surface area contributed by atoms with E-state index in [9.17, 15) is 0 Å². The molecule has 1 aromatic heterocycles. The Bertz CT molecular complexity index is 822. The van der Waals surface area contributed by atoms with Crippen LogP contribution in [-0.4, -0.2) is 35.7 Å². The third-order valence-corrected chi connectivity index (χ3v) is 5.33. The Morgan fingerprint density at radius 1 is 0.962 bits per heavy atom. The van der Waals surface area contributed by atoms with Crippen molar-refractivity contribution < 1.29 is 4.74 Å². The molecule has 0 radical (unpaired) electrons. The lowest BCUT2D eigenvalue weighted by atomic mass is 10.2. The van der Waals surface area contributed by atoms with Gasteiger partial charge in [0, 0.05) is 21.7 Å². The number of rotatable bonds is 9. The molecule has 0 aliphatic carbocycles. The van der Waals surface area contributed by atoms with E-state index in [-0.39, 0.29) is 0 Å². The highest BCUT2D eigenvalue weighted by Gasteiger charge is 2.05. The molecule has 0 saturated heterocycles. The molecule has 1 heterocycles. The largest absolute Gasteiger partial charge is 0.494 e. The molecule has 3 rings (SSSR count). The smallest absolute Gasteiger partial charge is 0.120 e. The molecule has 0 aliphatic rings. The Morgan fingerprint density at radius 2 is 1.73 bits per heavy atom. The first-order valence-corrected chi connectivity index (χ1v) is 10.2. The van der Waals surface area contributed by atoms with E-state index in [1.165, 1.54) is 17.3 Å². The lowest BCUT2D eigenvalue weighted by Crippen LogP contribution is -2.24. The molecule has 3 aromatic rings. The van der Waals surface area contributed by atoms with Gasteiger partial charge in [0.25, 0.3) is 0 Å². The summed E-state index contributed by atoms with van der Waals surface area (Å²) < 4.78 is 9.26. The highest BCUT2D eigenvalue weighted by Crippen LogP contribution is 2.25. The van der Waals surface area contributed by atoms with Crippen molar-refractivity contribution >= 4 is 26.8 Å². The molecular weight excluding hydrogens is 388 g/mol. The third-order valence-electron chi connectivity index (χ3n) is 4.80. The molecule has 26 heavy (non-hydrogen) atoms. The van der Waals surface area contributed by atoms with Gasteiger partial charge in [-0.1, -0.05) is 29.8 Å². The summed E-state index contributed by atoms with van der Waals surface area (Å²) in [6.45, 7) is 8.63. The molecule has 0 unspecified atom stereocenters. The second-order valence-corrected chi connectivity index (χ2v) is 7.38. The zero-order valence-corrected chi connectivity index (χ0v) is 17.2. The minimum Gasteiger partial charge on any atom is -0.494 e. The van der Waals surface area contributed by atoms with Crippen LogP contribution in [0.25, 0.3) is 16.6 Å². The van der Waals surface area contributed by atoms with Crippen LogP contribution in [-0.2, 0) is 0 Å². The van der Waals surface area contributed by atoms with Crippen LogP contribution in [0.3, 0.4) is 0 Å². The lowest BCUT2D eigenvalue weighted by molar-refractivity contribution is 0.266. The number of ether oxygens (including phenoxy) is 1. The Kier molecular flexibility index (Phi) is 6.75. The molecular formula is C22H27BrN2O. The fraction of sp³-hybridized carbons (Fsp3) is 0.364. The summed E-state index contributed by atoms with van der Waals surface area (Å²) in [5.74, 6) is 0.953. The van der Waals surface area contributed by atoms with Crippen LogP contribution in [0.2, 0.25) is 0 Å². The molecule has 4 heteroatoms. The standard InChI is InChI=1S/C22H27BrN2O/c1-3-24(4-2)14-5-6-16-26-21-11-12-22-18(17-21)13-15-25(22)20-9-7-19(23)8-10-20/h7-13,15,17H,3-6,14,16H2,1-2H3. The van der Waals surface area contributed by atoms with Crippen LogP contribution in [0.5, 0.6) is 5.75 Å². The van der Waals surface area contributed by atoms with Gasteiger partial charge in [-0.2, -0.15) is 0 Å². The Morgan fingerprint density at radius 3 is 2.46 bits per heavy atom. The second kappa shape index (κ2) is 9.24. The van der Waals surface area contributed by atoms with Crippen molar-refractivity contribution in [1.82, 2.24) is 9.47 Å². The number of benzene rings is 2. The summed E-state index contributed by atoms with van der Waals surface area (Å²) in [5.41, 5.74) is 2.36. The van der Waals surface area contributed by atoms with Crippen LogP contribution >= 0.6 is 15.9 Å². The Hall–Kier alpha value is -1.78. The van der Waals surface area contributed by atoms with E-state index >= 15 is 0 Å². The Labute approximate surface area is 164 Å². The first-order chi connectivity index (χ1) is 12.7. The van der Waals surface area contributed by atoms with Gasteiger partial charge in [-0.05, 0) is 81.0 Å². The predicted molar refractivity (Wildman–Crippen MR) is 113 cm³/mol. The molecule has 0 amide bonds. The molecule has 0 atom stereocenters. The number of hydrogen-bond acceptors (Lipinski definition) is 2. The Balaban J connectivity index is 1.59. The molecule has 0 fully saturated rings. The maximum atomic E-state index is 5.96. The number of fused-ring (bicyclic) bond motifs is 1. The van der Waals surface area contributed by atoms with E-state index < -0.39 is 0 Å². The molecule has 0 bridgehead atoms. The van der Waals surface area contributed by atoms with Gasteiger partial charge in [-0.15, -0.1) is 0 Å². The van der Waals surface area contributed by atoms with Gasteiger partial charge in [0.2, 0.25) is 0 Å². The van der Waals surface area contributed by atoms with Crippen molar-refractivity contribution in [3.05, 3.63) is 59.2 Å². The van der Waals surface area contributed by atoms with Crippen LogP contribution < -0.4 is 4.74 Å². The first kappa shape index (κ1) is 19.0. The maximum Gasteiger partial charge on any atom is 0.120 e. The van der Waals surface area contributed by atoms with Crippen molar-refractivity contribution in [2.75, 3.05) is 26.2 Å². The predicted octanol–water partition coefficient (Wildman–Crippen LogP) is 5.89. The normalized spacial score (nSPS) is 11.4. The lowest BCUT2D eigenvalue weighted by Gasteiger charge is -2.17. The number of unbranched alkanes of at least 4 members (excludes halogenated alkanes) is 1. The second-order valence-electron chi connectivity index (χ2n) is 6.47. The van der Waals surface area contributed by atoms with E-state index in [1.807, 2.05) is 0 Å². The number of nitrogens with zero attached hydrogens (tertiary/aromatic N) is 2. The van der Waals surface area contributed by atoms with Crippen molar-refractivity contribution in [3.63, 3.8) is 0 Å². The monoisotopic (exact) mass is 414 g/mol. The third kappa shape index (κ3) is 4.68. The van der Waals surface area contributed by atoms with Crippen LogP contribution in [0.15, 0.2) is 59.2 Å². The summed E-state index contributed by atoms with van der Waals surface area (Å²) in [6.07, 6.45) is 4.39. The fourth-order valence-electron chi connectivity index (χ4n) is 3.20. The first-order valence-electron chi connectivity index (χ1n) is 9.43. The number of hydrogen-bond donors (Lipinski definition) is 0. The van der Waals surface area contributed by atoms with E-state index in [0.29, 0.717) is 0 Å². The average Bonchev–Trinajstić information content (AvgIpc) is 3.08. The number of halogens is 1. The fourth-order valence-corrected chi connectivity index (χ4v) is 3.47. The molecule has 3 nitrogen and oxygen atoms in total. The molecule has 0 N–H and O–H groups in total. The highest BCUT2D eigenvalue weighted by atomic mass is 79.9. The molecule has 138 valence electrons. The maximum absolute atomic E-state index is 5.96. The summed E-state index contributed by atoms with van der Waals surface area (Å²) >= 11 is 3.49. The van der Waals surface area contributed by atoms with E-state index in [0.717, 1.165) is 48.6 Å². The van der Waals surface area contributed by atoms with Crippen molar-refractivity contribution in [3.8, 4) is 11.4 Å². The van der Waals surface area contributed by atoms with E-state index in [4.69, 9.17) is 4.74 Å². The minimum atomic E-state index is 0.778. The van der Waals surface area contributed by atoms with Crippen LogP contribution in [0, 0.1) is 0 Å². The molecule has 0 saturated carbocycles. The van der Waals surface area contributed by atoms with Gasteiger partial charge >= 0.3 is 0 Å². The highest BCUT2D eigenvalue weighted by molar-refractivity contribution is 9.10. The summed E-state index contributed by atoms with van der Waals surface area (Å²) in [7, 11) is 0. The summed E-state index contributed by atoms with van der Waals surface area (Å²) in [4.78, 5) is 2.46. The summed E-state index contributed by atoms with van der Waals surface area (Å²) in [5, 5.41) is 1.20. The molecule has 0 spiro atoms. The molecule has 0 aliphatic heterocycles.